The van der Waals surface area contributed by atoms with Gasteiger partial charge in [-0.05, 0) is 68.3 Å². The third-order valence-electron chi connectivity index (χ3n) is 5.46. The molecule has 0 unspecified atom stereocenters. The van der Waals surface area contributed by atoms with Crippen LogP contribution in [-0.2, 0) is 10.0 Å². The molecule has 0 fully saturated rings. The molecule has 2 aromatic carbocycles. The minimum absolute atomic E-state index is 0.202. The molecule has 0 aliphatic heterocycles. The number of hydrogen-bond donors (Lipinski definition) is 1. The van der Waals surface area contributed by atoms with Gasteiger partial charge in [-0.2, -0.15) is 4.31 Å². The topological polar surface area (TPSA) is 88.6 Å². The molecule has 0 saturated heterocycles. The molecular weight excluding hydrogens is 482 g/mol. The largest absolute Gasteiger partial charge is 0.494 e. The lowest BCUT2D eigenvalue weighted by atomic mass is 10.2. The fourth-order valence-corrected chi connectivity index (χ4v) is 5.70. The van der Waals surface area contributed by atoms with Crippen molar-refractivity contribution in [2.45, 2.75) is 51.3 Å². The first-order valence-corrected chi connectivity index (χ1v) is 14.3. The zero-order chi connectivity index (χ0) is 25.3. The van der Waals surface area contributed by atoms with Crippen molar-refractivity contribution in [3.8, 4) is 17.0 Å². The van der Waals surface area contributed by atoms with Crippen molar-refractivity contribution in [2.75, 3.05) is 25.0 Å². The van der Waals surface area contributed by atoms with Gasteiger partial charge in [0.2, 0.25) is 10.0 Å². The van der Waals surface area contributed by atoms with E-state index in [0.29, 0.717) is 30.4 Å². The van der Waals surface area contributed by atoms with Gasteiger partial charge >= 0.3 is 0 Å². The highest BCUT2D eigenvalue weighted by atomic mass is 32.2. The monoisotopic (exact) mass is 515 g/mol. The van der Waals surface area contributed by atoms with Crippen molar-refractivity contribution >= 4 is 32.4 Å². The van der Waals surface area contributed by atoms with Crippen LogP contribution in [0.4, 0.5) is 5.13 Å². The second-order valence-electron chi connectivity index (χ2n) is 8.08. The van der Waals surface area contributed by atoms with Crippen LogP contribution in [-0.4, -0.2) is 43.3 Å². The molecule has 0 spiro atoms. The van der Waals surface area contributed by atoms with Gasteiger partial charge in [0.25, 0.3) is 5.91 Å². The molecule has 0 bridgehead atoms. The molecule has 3 aromatic rings. The van der Waals surface area contributed by atoms with Crippen LogP contribution in [0.2, 0.25) is 0 Å². The van der Waals surface area contributed by atoms with Crippen molar-refractivity contribution in [3.05, 3.63) is 59.5 Å². The van der Waals surface area contributed by atoms with E-state index in [2.05, 4.69) is 10.3 Å². The van der Waals surface area contributed by atoms with Crippen molar-refractivity contribution in [1.82, 2.24) is 9.29 Å². The lowest BCUT2D eigenvalue weighted by molar-refractivity contribution is 0.102. The van der Waals surface area contributed by atoms with E-state index in [4.69, 9.17) is 4.74 Å². The van der Waals surface area contributed by atoms with Gasteiger partial charge in [0.1, 0.15) is 5.75 Å². The molecule has 0 aliphatic carbocycles. The number of aromatic nitrogens is 1. The second kappa shape index (κ2) is 12.8. The van der Waals surface area contributed by atoms with E-state index in [-0.39, 0.29) is 10.8 Å². The Morgan fingerprint density at radius 2 is 1.60 bits per heavy atom. The van der Waals surface area contributed by atoms with Crippen LogP contribution in [0, 0.1) is 0 Å². The summed E-state index contributed by atoms with van der Waals surface area (Å²) in [7, 11) is -3.60. The minimum atomic E-state index is -3.60. The van der Waals surface area contributed by atoms with E-state index in [0.717, 1.165) is 42.7 Å². The molecule has 0 atom stereocenters. The predicted octanol–water partition coefficient (Wildman–Crippen LogP) is 6.05. The number of thiazole rings is 1. The van der Waals surface area contributed by atoms with E-state index < -0.39 is 10.0 Å². The number of unbranched alkanes of at least 4 members (excludes halogenated alkanes) is 2. The molecule has 1 N–H and O–H groups in total. The molecule has 1 amide bonds. The van der Waals surface area contributed by atoms with Gasteiger partial charge in [0, 0.05) is 29.6 Å². The molecule has 0 saturated carbocycles. The Labute approximate surface area is 212 Å². The number of nitrogens with zero attached hydrogens (tertiary/aromatic N) is 2. The summed E-state index contributed by atoms with van der Waals surface area (Å²) in [6.07, 6.45) is 3.48. The first-order valence-electron chi connectivity index (χ1n) is 12.0. The number of hydrogen-bond acceptors (Lipinski definition) is 6. The molecule has 9 heteroatoms. The number of sulfonamides is 1. The Morgan fingerprint density at radius 3 is 2.17 bits per heavy atom. The average Bonchev–Trinajstić information content (AvgIpc) is 3.33. The highest BCUT2D eigenvalue weighted by Crippen LogP contribution is 2.27. The van der Waals surface area contributed by atoms with Crippen LogP contribution in [0.1, 0.15) is 56.8 Å². The van der Waals surface area contributed by atoms with E-state index in [1.807, 2.05) is 50.4 Å². The van der Waals surface area contributed by atoms with Gasteiger partial charge in [-0.15, -0.1) is 11.3 Å². The van der Waals surface area contributed by atoms with E-state index >= 15 is 0 Å². The Balaban J connectivity index is 1.68. The summed E-state index contributed by atoms with van der Waals surface area (Å²) in [4.78, 5) is 17.4. The van der Waals surface area contributed by atoms with Crippen LogP contribution in [0.3, 0.4) is 0 Å². The summed E-state index contributed by atoms with van der Waals surface area (Å²) < 4.78 is 33.3. The number of anilines is 1. The number of carbonyl (C=O) groups is 1. The number of carbonyl (C=O) groups excluding carboxylic acids is 1. The molecular formula is C26H33N3O4S2. The van der Waals surface area contributed by atoms with Gasteiger partial charge in [0.05, 0.1) is 17.2 Å². The van der Waals surface area contributed by atoms with E-state index in [1.165, 1.54) is 23.5 Å². The summed E-state index contributed by atoms with van der Waals surface area (Å²) in [6.45, 7) is 7.63. The third kappa shape index (κ3) is 7.13. The summed E-state index contributed by atoms with van der Waals surface area (Å²) in [5, 5.41) is 5.15. The number of ether oxygens (including phenoxy) is 1. The minimum Gasteiger partial charge on any atom is -0.494 e. The average molecular weight is 516 g/mol. The Hall–Kier alpha value is -2.75. The maximum absolute atomic E-state index is 13.1. The summed E-state index contributed by atoms with van der Waals surface area (Å²) in [5.41, 5.74) is 2.06. The fourth-order valence-electron chi connectivity index (χ4n) is 3.47. The van der Waals surface area contributed by atoms with Gasteiger partial charge in [-0.3, -0.25) is 10.1 Å². The lowest BCUT2D eigenvalue weighted by Gasteiger charge is -2.22. The molecule has 1 heterocycles. The Bertz CT molecular complexity index is 1180. The molecule has 0 radical (unpaired) electrons. The quantitative estimate of drug-likeness (QED) is 0.299. The van der Waals surface area contributed by atoms with Gasteiger partial charge < -0.3 is 4.74 Å². The highest BCUT2D eigenvalue weighted by Gasteiger charge is 2.24. The number of rotatable bonds is 13. The van der Waals surface area contributed by atoms with Crippen molar-refractivity contribution < 1.29 is 17.9 Å². The van der Waals surface area contributed by atoms with Crippen LogP contribution in [0.25, 0.3) is 11.3 Å². The Kier molecular flexibility index (Phi) is 9.83. The first-order chi connectivity index (χ1) is 16.9. The highest BCUT2D eigenvalue weighted by molar-refractivity contribution is 7.89. The zero-order valence-corrected chi connectivity index (χ0v) is 22.1. The smallest absolute Gasteiger partial charge is 0.257 e. The number of amides is 1. The maximum atomic E-state index is 13.1. The van der Waals surface area contributed by atoms with Gasteiger partial charge in [-0.1, -0.05) is 26.7 Å². The van der Waals surface area contributed by atoms with Crippen molar-refractivity contribution in [1.29, 1.82) is 0 Å². The third-order valence-corrected chi connectivity index (χ3v) is 8.13. The Morgan fingerprint density at radius 1 is 0.971 bits per heavy atom. The normalized spacial score (nSPS) is 11.5. The molecule has 3 rings (SSSR count). The molecule has 35 heavy (non-hydrogen) atoms. The van der Waals surface area contributed by atoms with Crippen molar-refractivity contribution in [3.63, 3.8) is 0 Å². The SMILES string of the molecule is CCCCN(CCCC)S(=O)(=O)c1ccc(C(=O)Nc2nc(-c3ccc(OCC)cc3)cs2)cc1. The lowest BCUT2D eigenvalue weighted by Crippen LogP contribution is -2.33. The molecule has 188 valence electrons. The maximum Gasteiger partial charge on any atom is 0.257 e. The van der Waals surface area contributed by atoms with E-state index in [9.17, 15) is 13.2 Å². The number of nitrogens with one attached hydrogen (secondary N) is 1. The molecule has 0 aliphatic rings. The molecule has 7 nitrogen and oxygen atoms in total. The standard InChI is InChI=1S/C26H33N3O4S2/c1-4-7-17-29(18-8-5-2)35(31,32)23-15-11-21(12-16-23)25(30)28-26-27-24(19-34-26)20-9-13-22(14-10-20)33-6-3/h9-16,19H,4-8,17-18H2,1-3H3,(H,27,28,30). The first kappa shape index (κ1) is 26.8. The summed E-state index contributed by atoms with van der Waals surface area (Å²) in [5.74, 6) is 0.458. The van der Waals surface area contributed by atoms with Crippen molar-refractivity contribution in [2.24, 2.45) is 0 Å². The van der Waals surface area contributed by atoms with Crippen LogP contribution in [0.5, 0.6) is 5.75 Å². The van der Waals surface area contributed by atoms with Crippen LogP contribution < -0.4 is 10.1 Å². The zero-order valence-electron chi connectivity index (χ0n) is 20.5. The predicted molar refractivity (Wildman–Crippen MR) is 142 cm³/mol. The van der Waals surface area contributed by atoms with Crippen LogP contribution >= 0.6 is 11.3 Å². The number of benzene rings is 2. The second-order valence-corrected chi connectivity index (χ2v) is 10.9. The summed E-state index contributed by atoms with van der Waals surface area (Å²) in [6, 6.07) is 13.7. The fraction of sp³-hybridized carbons (Fsp3) is 0.385. The summed E-state index contributed by atoms with van der Waals surface area (Å²) >= 11 is 1.33. The van der Waals surface area contributed by atoms with Crippen LogP contribution in [0.15, 0.2) is 58.8 Å². The molecule has 1 aromatic heterocycles. The van der Waals surface area contributed by atoms with Gasteiger partial charge in [-0.25, -0.2) is 13.4 Å². The van der Waals surface area contributed by atoms with Gasteiger partial charge in [0.15, 0.2) is 5.13 Å². The van der Waals surface area contributed by atoms with E-state index in [1.54, 1.807) is 16.4 Å².